The van der Waals surface area contributed by atoms with E-state index in [-0.39, 0.29) is 5.28 Å². The number of rotatable bonds is 2. The molecule has 0 bridgehead atoms. The highest BCUT2D eigenvalue weighted by atomic mass is 35.5. The summed E-state index contributed by atoms with van der Waals surface area (Å²) in [4.78, 5) is 10.8. The molecule has 0 N–H and O–H groups in total. The van der Waals surface area contributed by atoms with Crippen molar-refractivity contribution in [3.63, 3.8) is 0 Å². The van der Waals surface area contributed by atoms with E-state index >= 15 is 0 Å². The fourth-order valence-corrected chi connectivity index (χ4v) is 2.29. The molecule has 112 valence electrons. The molecule has 3 rings (SSSR count). The zero-order valence-electron chi connectivity index (χ0n) is 12.4. The van der Waals surface area contributed by atoms with Gasteiger partial charge in [-0.3, -0.25) is 0 Å². The van der Waals surface area contributed by atoms with E-state index in [2.05, 4.69) is 14.9 Å². The van der Waals surface area contributed by atoms with Crippen molar-refractivity contribution in [3.8, 4) is 11.3 Å². The van der Waals surface area contributed by atoms with Crippen molar-refractivity contribution >= 4 is 17.4 Å². The van der Waals surface area contributed by atoms with Gasteiger partial charge in [0.2, 0.25) is 5.28 Å². The van der Waals surface area contributed by atoms with Gasteiger partial charge in [0.05, 0.1) is 18.9 Å². The predicted octanol–water partition coefficient (Wildman–Crippen LogP) is 3.66. The summed E-state index contributed by atoms with van der Waals surface area (Å²) < 4.78 is 5.35. The molecular weight excluding hydrogens is 286 g/mol. The largest absolute Gasteiger partial charge is 0.378 e. The summed E-state index contributed by atoms with van der Waals surface area (Å²) in [5.41, 5.74) is 1.89. The number of anilines is 1. The van der Waals surface area contributed by atoms with E-state index < -0.39 is 0 Å². The molecule has 21 heavy (non-hydrogen) atoms. The normalized spacial score (nSPS) is 14.3. The lowest BCUT2D eigenvalue weighted by Gasteiger charge is -2.28. The lowest BCUT2D eigenvalue weighted by atomic mass is 10.1. The van der Waals surface area contributed by atoms with Crippen molar-refractivity contribution in [1.82, 2.24) is 9.97 Å². The molecule has 1 aromatic carbocycles. The molecule has 0 spiro atoms. The Morgan fingerprint density at radius 2 is 1.71 bits per heavy atom. The Morgan fingerprint density at radius 3 is 2.38 bits per heavy atom. The summed E-state index contributed by atoms with van der Waals surface area (Å²) in [6.45, 7) is 7.12. The van der Waals surface area contributed by atoms with Crippen molar-refractivity contribution in [3.05, 3.63) is 41.7 Å². The van der Waals surface area contributed by atoms with Crippen LogP contribution >= 0.6 is 11.6 Å². The van der Waals surface area contributed by atoms with Gasteiger partial charge < -0.3 is 9.64 Å². The van der Waals surface area contributed by atoms with Gasteiger partial charge >= 0.3 is 0 Å². The van der Waals surface area contributed by atoms with Gasteiger partial charge in [-0.1, -0.05) is 44.2 Å². The lowest BCUT2D eigenvalue weighted by Crippen LogP contribution is -2.36. The van der Waals surface area contributed by atoms with Gasteiger partial charge in [-0.05, 0) is 11.6 Å². The minimum atomic E-state index is 0.280. The van der Waals surface area contributed by atoms with Crippen molar-refractivity contribution in [2.45, 2.75) is 13.8 Å². The molecule has 2 heterocycles. The Labute approximate surface area is 130 Å². The molecule has 5 heteroatoms. The monoisotopic (exact) mass is 305 g/mol. The second-order valence-electron chi connectivity index (χ2n) is 4.35. The average molecular weight is 306 g/mol. The Bertz CT molecular complexity index is 557. The third-order valence-electron chi connectivity index (χ3n) is 3.09. The molecule has 0 radical (unpaired) electrons. The average Bonchev–Trinajstić information content (AvgIpc) is 2.58. The van der Waals surface area contributed by atoms with Gasteiger partial charge in [0.1, 0.15) is 5.82 Å². The van der Waals surface area contributed by atoms with Gasteiger partial charge in [-0.15, -0.1) is 0 Å². The van der Waals surface area contributed by atoms with Crippen LogP contribution in [0.5, 0.6) is 0 Å². The van der Waals surface area contributed by atoms with Crippen LogP contribution in [0.25, 0.3) is 11.3 Å². The number of aromatic nitrogens is 2. The Kier molecular flexibility index (Phi) is 5.96. The summed E-state index contributed by atoms with van der Waals surface area (Å²) in [6.07, 6.45) is 0. The molecule has 4 nitrogen and oxygen atoms in total. The molecule has 0 amide bonds. The Morgan fingerprint density at radius 1 is 1.05 bits per heavy atom. The summed E-state index contributed by atoms with van der Waals surface area (Å²) >= 11 is 6.04. The highest BCUT2D eigenvalue weighted by Crippen LogP contribution is 2.23. The van der Waals surface area contributed by atoms with E-state index in [1.807, 2.05) is 50.2 Å². The molecule has 0 atom stereocenters. The van der Waals surface area contributed by atoms with Gasteiger partial charge in [0.25, 0.3) is 0 Å². The molecule has 1 saturated heterocycles. The number of halogens is 1. The first kappa shape index (κ1) is 15.7. The zero-order valence-corrected chi connectivity index (χ0v) is 13.2. The van der Waals surface area contributed by atoms with Crippen LogP contribution in [0, 0.1) is 0 Å². The summed E-state index contributed by atoms with van der Waals surface area (Å²) in [6, 6.07) is 12.0. The van der Waals surface area contributed by atoms with E-state index in [4.69, 9.17) is 16.3 Å². The number of hydrogen-bond donors (Lipinski definition) is 0. The Balaban J connectivity index is 0.000000774. The highest BCUT2D eigenvalue weighted by molar-refractivity contribution is 6.28. The van der Waals surface area contributed by atoms with Crippen LogP contribution in [0.3, 0.4) is 0 Å². The zero-order chi connectivity index (χ0) is 15.1. The summed E-state index contributed by atoms with van der Waals surface area (Å²) in [5.74, 6) is 0.863. The van der Waals surface area contributed by atoms with E-state index in [0.717, 1.165) is 43.4 Å². The maximum atomic E-state index is 6.04. The quantitative estimate of drug-likeness (QED) is 0.794. The van der Waals surface area contributed by atoms with Crippen LogP contribution in [-0.2, 0) is 4.74 Å². The van der Waals surface area contributed by atoms with Crippen molar-refractivity contribution in [1.29, 1.82) is 0 Å². The maximum absolute atomic E-state index is 6.04. The second kappa shape index (κ2) is 7.96. The molecular formula is C16H20ClN3O. The molecule has 1 aromatic heterocycles. The number of nitrogens with zero attached hydrogens (tertiary/aromatic N) is 3. The molecule has 0 aliphatic carbocycles. The third-order valence-corrected chi connectivity index (χ3v) is 3.26. The molecule has 1 aliphatic heterocycles. The second-order valence-corrected chi connectivity index (χ2v) is 4.68. The molecule has 1 fully saturated rings. The van der Waals surface area contributed by atoms with E-state index in [9.17, 15) is 0 Å². The molecule has 1 aliphatic rings. The summed E-state index contributed by atoms with van der Waals surface area (Å²) in [5, 5.41) is 0.280. The van der Waals surface area contributed by atoms with E-state index in [1.165, 1.54) is 0 Å². The fraction of sp³-hybridized carbons (Fsp3) is 0.375. The fourth-order valence-electron chi connectivity index (χ4n) is 2.12. The van der Waals surface area contributed by atoms with Crippen molar-refractivity contribution in [2.24, 2.45) is 0 Å². The lowest BCUT2D eigenvalue weighted by molar-refractivity contribution is 0.122. The molecule has 2 aromatic rings. The van der Waals surface area contributed by atoms with Crippen LogP contribution in [0.15, 0.2) is 36.4 Å². The van der Waals surface area contributed by atoms with Crippen LogP contribution in [0.2, 0.25) is 5.28 Å². The summed E-state index contributed by atoms with van der Waals surface area (Å²) in [7, 11) is 0. The standard InChI is InChI=1S/C14H14ClN3O.C2H6/c15-14-16-12(11-4-2-1-3-5-11)10-13(17-14)18-6-8-19-9-7-18;1-2/h1-5,10H,6-9H2;1-2H3. The van der Waals surface area contributed by atoms with Gasteiger partial charge in [0, 0.05) is 24.7 Å². The van der Waals surface area contributed by atoms with Gasteiger partial charge in [0.15, 0.2) is 0 Å². The SMILES string of the molecule is CC.Clc1nc(-c2ccccc2)cc(N2CCOCC2)n1. The first-order chi connectivity index (χ1) is 10.3. The minimum Gasteiger partial charge on any atom is -0.378 e. The first-order valence-corrected chi connectivity index (χ1v) is 7.63. The third kappa shape index (κ3) is 4.16. The Hall–Kier alpha value is -1.65. The van der Waals surface area contributed by atoms with Crippen LogP contribution < -0.4 is 4.90 Å². The van der Waals surface area contributed by atoms with E-state index in [1.54, 1.807) is 0 Å². The number of benzene rings is 1. The van der Waals surface area contributed by atoms with Crippen LogP contribution in [0.4, 0.5) is 5.82 Å². The van der Waals surface area contributed by atoms with Crippen LogP contribution in [-0.4, -0.2) is 36.3 Å². The van der Waals surface area contributed by atoms with Gasteiger partial charge in [-0.2, -0.15) is 0 Å². The molecule has 0 saturated carbocycles. The number of hydrogen-bond acceptors (Lipinski definition) is 4. The van der Waals surface area contributed by atoms with Crippen molar-refractivity contribution < 1.29 is 4.74 Å². The number of morpholine rings is 1. The minimum absolute atomic E-state index is 0.280. The smallest absolute Gasteiger partial charge is 0.224 e. The van der Waals surface area contributed by atoms with Gasteiger partial charge in [-0.25, -0.2) is 9.97 Å². The highest BCUT2D eigenvalue weighted by Gasteiger charge is 2.14. The predicted molar refractivity (Wildman–Crippen MR) is 86.9 cm³/mol. The van der Waals surface area contributed by atoms with E-state index in [0.29, 0.717) is 0 Å². The van der Waals surface area contributed by atoms with Crippen molar-refractivity contribution in [2.75, 3.05) is 31.2 Å². The topological polar surface area (TPSA) is 38.2 Å². The van der Waals surface area contributed by atoms with Crippen LogP contribution in [0.1, 0.15) is 13.8 Å². The molecule has 0 unspecified atom stereocenters. The first-order valence-electron chi connectivity index (χ1n) is 7.25. The maximum Gasteiger partial charge on any atom is 0.224 e. The number of ether oxygens (including phenoxy) is 1.